The third kappa shape index (κ3) is 7.14. The number of rotatable bonds is 9. The number of aliphatic hydroxyl groups is 1. The summed E-state index contributed by atoms with van der Waals surface area (Å²) in [6.45, 7) is 2.50. The van der Waals surface area contributed by atoms with E-state index >= 15 is 0 Å². The van der Waals surface area contributed by atoms with Crippen LogP contribution in [0.2, 0.25) is 0 Å². The van der Waals surface area contributed by atoms with Crippen molar-refractivity contribution in [1.82, 2.24) is 0 Å². The molecule has 162 valence electrons. The smallest absolute Gasteiger partial charge is 0.169 e. The molecular formula is C26H27ClFNO2. The maximum atomic E-state index is 13.6. The topological polar surface area (TPSA) is 53.9 Å². The Balaban J connectivity index is 0.00000341. The second kappa shape index (κ2) is 12.2. The molecule has 0 heterocycles. The molecule has 2 unspecified atom stereocenters. The molecule has 31 heavy (non-hydrogen) atoms. The molecule has 3 aromatic rings. The van der Waals surface area contributed by atoms with Gasteiger partial charge in [0.2, 0.25) is 0 Å². The van der Waals surface area contributed by atoms with Crippen LogP contribution in [0.5, 0.6) is 0 Å². The Bertz CT molecular complexity index is 993. The van der Waals surface area contributed by atoms with E-state index in [0.717, 1.165) is 11.1 Å². The molecule has 0 spiro atoms. The summed E-state index contributed by atoms with van der Waals surface area (Å²) in [6, 6.07) is 25.1. The lowest BCUT2D eigenvalue weighted by atomic mass is 9.97. The van der Waals surface area contributed by atoms with E-state index in [4.69, 9.17) is 0 Å². The van der Waals surface area contributed by atoms with E-state index < -0.39 is 6.10 Å². The van der Waals surface area contributed by atoms with E-state index in [-0.39, 0.29) is 30.0 Å². The zero-order valence-corrected chi connectivity index (χ0v) is 18.2. The summed E-state index contributed by atoms with van der Waals surface area (Å²) in [5.74, 6) is -0.344. The molecule has 0 saturated carbocycles. The predicted octanol–water partition coefficient (Wildman–Crippen LogP) is 1.01. The number of carbonyl (C=O) groups excluding carboxylic acids is 1. The van der Waals surface area contributed by atoms with Gasteiger partial charge in [-0.3, -0.25) is 4.79 Å². The molecule has 2 atom stereocenters. The van der Waals surface area contributed by atoms with Crippen LogP contribution in [0, 0.1) is 5.82 Å². The van der Waals surface area contributed by atoms with Crippen molar-refractivity contribution >= 4 is 17.4 Å². The highest BCUT2D eigenvalue weighted by Gasteiger charge is 2.20. The molecule has 3 nitrogen and oxygen atoms in total. The maximum absolute atomic E-state index is 13.6. The lowest BCUT2D eigenvalue weighted by Crippen LogP contribution is -3.00. The molecule has 0 aliphatic heterocycles. The van der Waals surface area contributed by atoms with Crippen LogP contribution in [0.15, 0.2) is 84.9 Å². The second-order valence-corrected chi connectivity index (χ2v) is 7.39. The number of halogens is 2. The van der Waals surface area contributed by atoms with Gasteiger partial charge in [-0.25, -0.2) is 4.39 Å². The highest BCUT2D eigenvalue weighted by atomic mass is 35.5. The maximum Gasteiger partial charge on any atom is 0.169 e. The van der Waals surface area contributed by atoms with E-state index in [9.17, 15) is 14.3 Å². The highest BCUT2D eigenvalue weighted by molar-refractivity contribution is 6.25. The van der Waals surface area contributed by atoms with Crippen molar-refractivity contribution in [2.75, 3.05) is 6.54 Å². The Morgan fingerprint density at radius 1 is 1.00 bits per heavy atom. The predicted molar refractivity (Wildman–Crippen MR) is 118 cm³/mol. The first-order valence-electron chi connectivity index (χ1n) is 10.2. The van der Waals surface area contributed by atoms with Gasteiger partial charge in [0.15, 0.2) is 5.78 Å². The van der Waals surface area contributed by atoms with Gasteiger partial charge >= 0.3 is 0 Å². The fourth-order valence-corrected chi connectivity index (χ4v) is 3.40. The minimum atomic E-state index is -0.599. The Labute approximate surface area is 189 Å². The molecule has 0 bridgehead atoms. The van der Waals surface area contributed by atoms with Crippen LogP contribution in [0.3, 0.4) is 0 Å². The number of nitrogens with two attached hydrogens (primary N) is 1. The summed E-state index contributed by atoms with van der Waals surface area (Å²) in [4.78, 5) is 13.0. The van der Waals surface area contributed by atoms with Crippen LogP contribution in [0.1, 0.15) is 36.1 Å². The van der Waals surface area contributed by atoms with Crippen LogP contribution in [-0.2, 0) is 4.79 Å². The molecule has 0 saturated heterocycles. The van der Waals surface area contributed by atoms with Crippen molar-refractivity contribution in [1.29, 1.82) is 0 Å². The summed E-state index contributed by atoms with van der Waals surface area (Å²) in [5, 5.41) is 12.5. The molecule has 0 fully saturated rings. The number of carbonyl (C=O) groups is 1. The Morgan fingerprint density at radius 2 is 1.65 bits per heavy atom. The van der Waals surface area contributed by atoms with Gasteiger partial charge in [0.25, 0.3) is 0 Å². The average Bonchev–Trinajstić information content (AvgIpc) is 2.78. The van der Waals surface area contributed by atoms with Gasteiger partial charge in [0.05, 0.1) is 13.0 Å². The van der Waals surface area contributed by atoms with Gasteiger partial charge in [0.1, 0.15) is 18.0 Å². The average molecular weight is 440 g/mol. The number of quaternary nitrogens is 1. The van der Waals surface area contributed by atoms with E-state index in [1.54, 1.807) is 18.2 Å². The van der Waals surface area contributed by atoms with Crippen LogP contribution in [-0.4, -0.2) is 23.5 Å². The van der Waals surface area contributed by atoms with Crippen LogP contribution in [0.4, 0.5) is 4.39 Å². The number of benzene rings is 3. The van der Waals surface area contributed by atoms with Gasteiger partial charge in [-0.05, 0) is 41.8 Å². The first-order chi connectivity index (χ1) is 14.5. The Hall–Kier alpha value is -2.79. The Morgan fingerprint density at radius 3 is 2.29 bits per heavy atom. The number of hydrogen-bond donors (Lipinski definition) is 2. The van der Waals surface area contributed by atoms with Gasteiger partial charge < -0.3 is 22.8 Å². The molecular weight excluding hydrogens is 413 g/mol. The van der Waals surface area contributed by atoms with Crippen molar-refractivity contribution in [3.8, 4) is 0 Å². The number of ketones is 1. The molecule has 3 aromatic carbocycles. The largest absolute Gasteiger partial charge is 1.00 e. The van der Waals surface area contributed by atoms with Crippen molar-refractivity contribution in [3.63, 3.8) is 0 Å². The van der Waals surface area contributed by atoms with Crippen molar-refractivity contribution in [3.05, 3.63) is 107 Å². The van der Waals surface area contributed by atoms with Crippen LogP contribution < -0.4 is 17.7 Å². The van der Waals surface area contributed by atoms with E-state index in [2.05, 4.69) is 0 Å². The normalized spacial score (nSPS) is 13.2. The molecule has 0 aromatic heterocycles. The summed E-state index contributed by atoms with van der Waals surface area (Å²) in [7, 11) is 0. The molecule has 0 aliphatic carbocycles. The van der Waals surface area contributed by atoms with Crippen molar-refractivity contribution in [2.45, 2.75) is 25.5 Å². The third-order valence-electron chi connectivity index (χ3n) is 5.09. The molecule has 0 amide bonds. The quantitative estimate of drug-likeness (QED) is 0.386. The van der Waals surface area contributed by atoms with Gasteiger partial charge in [-0.15, -0.1) is 0 Å². The second-order valence-electron chi connectivity index (χ2n) is 7.39. The Kier molecular flexibility index (Phi) is 9.60. The van der Waals surface area contributed by atoms with E-state index in [0.29, 0.717) is 24.1 Å². The van der Waals surface area contributed by atoms with E-state index in [1.807, 2.05) is 72.9 Å². The highest BCUT2D eigenvalue weighted by Crippen LogP contribution is 2.21. The van der Waals surface area contributed by atoms with Gasteiger partial charge in [-0.1, -0.05) is 72.8 Å². The molecule has 0 aliphatic rings. The van der Waals surface area contributed by atoms with Gasteiger partial charge in [0, 0.05) is 5.57 Å². The van der Waals surface area contributed by atoms with Crippen molar-refractivity contribution < 1.29 is 32.0 Å². The first-order valence-corrected chi connectivity index (χ1v) is 10.2. The minimum absolute atomic E-state index is 0. The lowest BCUT2D eigenvalue weighted by Gasteiger charge is -2.17. The summed E-state index contributed by atoms with van der Waals surface area (Å²) in [5.41, 5.74) is 2.89. The minimum Gasteiger partial charge on any atom is -1.00 e. The number of aliphatic hydroxyl groups excluding tert-OH is 1. The fraction of sp³-hybridized carbons (Fsp3) is 0.192. The zero-order chi connectivity index (χ0) is 21.3. The molecule has 5 heteroatoms. The lowest BCUT2D eigenvalue weighted by molar-refractivity contribution is -0.693. The first kappa shape index (κ1) is 24.5. The number of Topliss-reactive ketones (excluding diaryl/α,β-unsaturated/α-hetero) is 1. The van der Waals surface area contributed by atoms with Gasteiger partial charge in [-0.2, -0.15) is 0 Å². The standard InChI is InChI=1S/C26H26FNO2.ClH/c1-19(26(30)22-12-6-3-7-13-22)28-16-15-25(29)24(21-10-4-2-5-11-21)18-20-9-8-14-23(27)17-20;/h2-14,17-19,26,28,30H,15-16H2,1H3;1H/b24-18+;. The molecule has 0 radical (unpaired) electrons. The van der Waals surface area contributed by atoms with Crippen molar-refractivity contribution in [2.24, 2.45) is 0 Å². The molecule has 3 rings (SSSR count). The molecule has 3 N–H and O–H groups in total. The monoisotopic (exact) mass is 439 g/mol. The SMILES string of the molecule is CC([NH2+]CCC(=O)/C(=C/c1cccc(F)c1)c1ccccc1)C(O)c1ccccc1.[Cl-]. The third-order valence-corrected chi connectivity index (χ3v) is 5.09. The fourth-order valence-electron chi connectivity index (χ4n) is 3.40. The number of hydrogen-bond acceptors (Lipinski definition) is 2. The van der Waals surface area contributed by atoms with E-state index in [1.165, 1.54) is 12.1 Å². The number of allylic oxidation sites excluding steroid dienone is 1. The van der Waals surface area contributed by atoms with Crippen LogP contribution in [0.25, 0.3) is 11.6 Å². The zero-order valence-electron chi connectivity index (χ0n) is 17.4. The summed E-state index contributed by atoms with van der Waals surface area (Å²) >= 11 is 0. The summed E-state index contributed by atoms with van der Waals surface area (Å²) < 4.78 is 13.6. The summed E-state index contributed by atoms with van der Waals surface area (Å²) in [6.07, 6.45) is 1.46. The van der Waals surface area contributed by atoms with Crippen LogP contribution >= 0.6 is 0 Å².